The maximum Gasteiger partial charge on any atom is -0.00161 e. The summed E-state index contributed by atoms with van der Waals surface area (Å²) in [4.78, 5) is 2.66. The molecule has 1 rings (SSSR count). The van der Waals surface area contributed by atoms with Crippen LogP contribution in [-0.4, -0.2) is 31.1 Å². The summed E-state index contributed by atoms with van der Waals surface area (Å²) < 4.78 is 0. The van der Waals surface area contributed by atoms with E-state index >= 15 is 0 Å². The topological polar surface area (TPSA) is 29.3 Å². The van der Waals surface area contributed by atoms with Crippen LogP contribution in [-0.2, 0) is 0 Å². The van der Waals surface area contributed by atoms with Crippen molar-refractivity contribution < 1.29 is 0 Å². The van der Waals surface area contributed by atoms with E-state index in [-0.39, 0.29) is 0 Å². The Morgan fingerprint density at radius 2 is 2.00 bits per heavy atom. The number of hydrogen-bond acceptors (Lipinski definition) is 2. The van der Waals surface area contributed by atoms with Crippen molar-refractivity contribution in [3.63, 3.8) is 0 Å². The molecule has 0 radical (unpaired) electrons. The Morgan fingerprint density at radius 1 is 1.13 bits per heavy atom. The smallest absolute Gasteiger partial charge is 0.00161 e. The molecule has 15 heavy (non-hydrogen) atoms. The van der Waals surface area contributed by atoms with E-state index in [2.05, 4.69) is 11.8 Å². The van der Waals surface area contributed by atoms with Crippen LogP contribution in [0.25, 0.3) is 0 Å². The lowest BCUT2D eigenvalue weighted by Gasteiger charge is -2.19. The Kier molecular flexibility index (Phi) is 7.03. The van der Waals surface area contributed by atoms with Gasteiger partial charge in [-0.2, -0.15) is 0 Å². The second-order valence-electron chi connectivity index (χ2n) is 4.90. The molecular weight excluding hydrogens is 184 g/mol. The predicted molar refractivity (Wildman–Crippen MR) is 67.0 cm³/mol. The standard InChI is InChI=1S/C13H28N2/c1-2-13-7-6-11-15(12-8-13)10-5-3-4-9-14/h13H,2-12,14H2,1H3. The number of likely N-dealkylation sites (tertiary alicyclic amines) is 1. The molecule has 90 valence electrons. The average molecular weight is 212 g/mol. The maximum absolute atomic E-state index is 5.50. The summed E-state index contributed by atoms with van der Waals surface area (Å²) >= 11 is 0. The van der Waals surface area contributed by atoms with Crippen molar-refractivity contribution in [2.75, 3.05) is 26.2 Å². The fourth-order valence-electron chi connectivity index (χ4n) is 2.51. The van der Waals surface area contributed by atoms with Gasteiger partial charge in [-0.1, -0.05) is 19.8 Å². The Labute approximate surface area is 95.2 Å². The first-order valence-electron chi connectivity index (χ1n) is 6.79. The van der Waals surface area contributed by atoms with Crippen molar-refractivity contribution in [3.8, 4) is 0 Å². The molecule has 2 heteroatoms. The predicted octanol–water partition coefficient (Wildman–Crippen LogP) is 2.63. The first-order chi connectivity index (χ1) is 7.36. The molecule has 0 aromatic heterocycles. The lowest BCUT2D eigenvalue weighted by molar-refractivity contribution is 0.273. The molecule has 1 heterocycles. The fourth-order valence-corrected chi connectivity index (χ4v) is 2.51. The first kappa shape index (κ1) is 13.0. The molecule has 0 bridgehead atoms. The molecule has 0 saturated carbocycles. The highest BCUT2D eigenvalue weighted by atomic mass is 15.1. The van der Waals surface area contributed by atoms with Gasteiger partial charge in [0.2, 0.25) is 0 Å². The molecule has 2 N–H and O–H groups in total. The summed E-state index contributed by atoms with van der Waals surface area (Å²) in [7, 11) is 0. The van der Waals surface area contributed by atoms with Crippen molar-refractivity contribution in [2.45, 2.75) is 51.9 Å². The third kappa shape index (κ3) is 5.53. The van der Waals surface area contributed by atoms with Crippen LogP contribution in [0.2, 0.25) is 0 Å². The second-order valence-corrected chi connectivity index (χ2v) is 4.90. The largest absolute Gasteiger partial charge is 0.330 e. The van der Waals surface area contributed by atoms with E-state index in [1.165, 1.54) is 64.6 Å². The molecule has 0 amide bonds. The van der Waals surface area contributed by atoms with Crippen LogP contribution in [0.1, 0.15) is 51.9 Å². The highest BCUT2D eigenvalue weighted by molar-refractivity contribution is 4.69. The van der Waals surface area contributed by atoms with Gasteiger partial charge in [-0.05, 0) is 64.2 Å². The van der Waals surface area contributed by atoms with Crippen molar-refractivity contribution >= 4 is 0 Å². The van der Waals surface area contributed by atoms with Crippen LogP contribution in [0.5, 0.6) is 0 Å². The number of nitrogens with zero attached hydrogens (tertiary/aromatic N) is 1. The van der Waals surface area contributed by atoms with Gasteiger partial charge in [0.25, 0.3) is 0 Å². The van der Waals surface area contributed by atoms with Gasteiger partial charge < -0.3 is 10.6 Å². The minimum atomic E-state index is 0.859. The average Bonchev–Trinajstić information content (AvgIpc) is 2.49. The van der Waals surface area contributed by atoms with E-state index < -0.39 is 0 Å². The van der Waals surface area contributed by atoms with Gasteiger partial charge in [-0.25, -0.2) is 0 Å². The molecule has 1 saturated heterocycles. The van der Waals surface area contributed by atoms with E-state index in [0.717, 1.165) is 12.5 Å². The van der Waals surface area contributed by atoms with Gasteiger partial charge in [0, 0.05) is 0 Å². The molecule has 1 unspecified atom stereocenters. The van der Waals surface area contributed by atoms with Gasteiger partial charge in [0.05, 0.1) is 0 Å². The van der Waals surface area contributed by atoms with Crippen LogP contribution in [0.3, 0.4) is 0 Å². The number of hydrogen-bond donors (Lipinski definition) is 1. The van der Waals surface area contributed by atoms with E-state index in [9.17, 15) is 0 Å². The van der Waals surface area contributed by atoms with Crippen LogP contribution in [0.4, 0.5) is 0 Å². The van der Waals surface area contributed by atoms with Gasteiger partial charge in [0.1, 0.15) is 0 Å². The molecular formula is C13H28N2. The molecule has 1 atom stereocenters. The normalized spacial score (nSPS) is 24.0. The zero-order chi connectivity index (χ0) is 10.9. The van der Waals surface area contributed by atoms with Gasteiger partial charge in [-0.3, -0.25) is 0 Å². The molecule has 1 aliphatic heterocycles. The molecule has 2 nitrogen and oxygen atoms in total. The molecule has 0 aromatic rings. The van der Waals surface area contributed by atoms with Gasteiger partial charge in [-0.15, -0.1) is 0 Å². The quantitative estimate of drug-likeness (QED) is 0.686. The lowest BCUT2D eigenvalue weighted by Crippen LogP contribution is -2.26. The minimum absolute atomic E-state index is 0.859. The van der Waals surface area contributed by atoms with Crippen molar-refractivity contribution in [3.05, 3.63) is 0 Å². The molecule has 0 aliphatic carbocycles. The summed E-state index contributed by atoms with van der Waals surface area (Å²) in [5.41, 5.74) is 5.50. The Morgan fingerprint density at radius 3 is 2.73 bits per heavy atom. The van der Waals surface area contributed by atoms with Gasteiger partial charge in [0.15, 0.2) is 0 Å². The SMILES string of the molecule is CCC1CCCN(CCCCCN)CC1. The summed E-state index contributed by atoms with van der Waals surface area (Å²) in [6.07, 6.45) is 9.52. The summed E-state index contributed by atoms with van der Waals surface area (Å²) in [6.45, 7) is 7.16. The highest BCUT2D eigenvalue weighted by Crippen LogP contribution is 2.20. The summed E-state index contributed by atoms with van der Waals surface area (Å²) in [5.74, 6) is 0.999. The molecule has 0 spiro atoms. The highest BCUT2D eigenvalue weighted by Gasteiger charge is 2.14. The maximum atomic E-state index is 5.50. The first-order valence-corrected chi connectivity index (χ1v) is 6.79. The van der Waals surface area contributed by atoms with Crippen molar-refractivity contribution in [1.82, 2.24) is 4.90 Å². The number of rotatable bonds is 6. The lowest BCUT2D eigenvalue weighted by atomic mass is 9.98. The number of unbranched alkanes of at least 4 members (excludes halogenated alkanes) is 2. The van der Waals surface area contributed by atoms with E-state index in [0.29, 0.717) is 0 Å². The zero-order valence-corrected chi connectivity index (χ0v) is 10.4. The van der Waals surface area contributed by atoms with E-state index in [1.54, 1.807) is 0 Å². The third-order valence-corrected chi connectivity index (χ3v) is 3.70. The zero-order valence-electron chi connectivity index (χ0n) is 10.4. The fraction of sp³-hybridized carbons (Fsp3) is 1.00. The minimum Gasteiger partial charge on any atom is -0.330 e. The van der Waals surface area contributed by atoms with Crippen LogP contribution in [0.15, 0.2) is 0 Å². The van der Waals surface area contributed by atoms with E-state index in [1.807, 2.05) is 0 Å². The molecule has 1 fully saturated rings. The third-order valence-electron chi connectivity index (χ3n) is 3.70. The van der Waals surface area contributed by atoms with E-state index in [4.69, 9.17) is 5.73 Å². The Bertz CT molecular complexity index is 147. The monoisotopic (exact) mass is 212 g/mol. The van der Waals surface area contributed by atoms with Crippen molar-refractivity contribution in [2.24, 2.45) is 11.7 Å². The Hall–Kier alpha value is -0.0800. The van der Waals surface area contributed by atoms with Crippen LogP contribution in [0, 0.1) is 5.92 Å². The Balaban J connectivity index is 2.08. The molecule has 0 aromatic carbocycles. The van der Waals surface area contributed by atoms with Crippen LogP contribution >= 0.6 is 0 Å². The summed E-state index contributed by atoms with van der Waals surface area (Å²) in [6, 6.07) is 0. The van der Waals surface area contributed by atoms with Crippen molar-refractivity contribution in [1.29, 1.82) is 0 Å². The number of nitrogens with two attached hydrogens (primary N) is 1. The second kappa shape index (κ2) is 8.12. The van der Waals surface area contributed by atoms with Gasteiger partial charge >= 0.3 is 0 Å². The summed E-state index contributed by atoms with van der Waals surface area (Å²) in [5, 5.41) is 0. The molecule has 1 aliphatic rings. The van der Waals surface area contributed by atoms with Crippen LogP contribution < -0.4 is 5.73 Å².